The van der Waals surface area contributed by atoms with Gasteiger partial charge in [0.05, 0.1) is 0 Å². The van der Waals surface area contributed by atoms with Crippen molar-refractivity contribution in [1.29, 1.82) is 0 Å². The molecular weight excluding hydrogens is 424 g/mol. The fourth-order valence-corrected chi connectivity index (χ4v) is 4.80. The molecule has 0 nitrogen and oxygen atoms in total. The van der Waals surface area contributed by atoms with E-state index >= 15 is 0 Å². The topological polar surface area (TPSA) is 0 Å². The van der Waals surface area contributed by atoms with Crippen LogP contribution in [-0.4, -0.2) is 0 Å². The SMILES string of the molecule is CC1=Cc2c(Br)cccc2C1C=CC1C(C)=Cc2c(Br)cccc21. The maximum Gasteiger partial charge on any atom is 0.0250 e. The van der Waals surface area contributed by atoms with Gasteiger partial charge < -0.3 is 0 Å². The molecular formula is C22H18Br2. The van der Waals surface area contributed by atoms with Crippen molar-refractivity contribution >= 4 is 44.0 Å². The molecule has 2 unspecified atom stereocenters. The monoisotopic (exact) mass is 440 g/mol. The maximum absolute atomic E-state index is 3.68. The molecule has 0 heterocycles. The highest BCUT2D eigenvalue weighted by Gasteiger charge is 2.24. The summed E-state index contributed by atoms with van der Waals surface area (Å²) in [7, 11) is 0. The van der Waals surface area contributed by atoms with Crippen molar-refractivity contribution in [2.24, 2.45) is 0 Å². The Morgan fingerprint density at radius 2 is 1.12 bits per heavy atom. The lowest BCUT2D eigenvalue weighted by Crippen LogP contribution is -1.97. The van der Waals surface area contributed by atoms with Crippen molar-refractivity contribution in [2.75, 3.05) is 0 Å². The van der Waals surface area contributed by atoms with Crippen LogP contribution in [0.5, 0.6) is 0 Å². The number of benzene rings is 2. The number of fused-ring (bicyclic) bond motifs is 2. The van der Waals surface area contributed by atoms with Crippen molar-refractivity contribution in [3.63, 3.8) is 0 Å². The molecule has 0 saturated carbocycles. The van der Waals surface area contributed by atoms with E-state index in [2.05, 4.69) is 106 Å². The van der Waals surface area contributed by atoms with Crippen LogP contribution in [0, 0.1) is 0 Å². The molecule has 120 valence electrons. The van der Waals surface area contributed by atoms with Gasteiger partial charge in [0.25, 0.3) is 0 Å². The zero-order valence-corrected chi connectivity index (χ0v) is 16.9. The van der Waals surface area contributed by atoms with Crippen LogP contribution in [-0.2, 0) is 0 Å². The molecule has 0 amide bonds. The number of rotatable bonds is 2. The molecule has 0 bridgehead atoms. The van der Waals surface area contributed by atoms with Gasteiger partial charge in [0.1, 0.15) is 0 Å². The van der Waals surface area contributed by atoms with Crippen molar-refractivity contribution in [2.45, 2.75) is 25.7 Å². The Morgan fingerprint density at radius 3 is 1.54 bits per heavy atom. The van der Waals surface area contributed by atoms with Gasteiger partial charge in [-0.2, -0.15) is 0 Å². The van der Waals surface area contributed by atoms with Gasteiger partial charge in [-0.1, -0.05) is 91.6 Å². The molecule has 4 rings (SSSR count). The third-order valence-electron chi connectivity index (χ3n) is 5.06. The number of halogens is 2. The van der Waals surface area contributed by atoms with Gasteiger partial charge in [0.15, 0.2) is 0 Å². The summed E-state index contributed by atoms with van der Waals surface area (Å²) in [5.41, 5.74) is 8.25. The normalized spacial score (nSPS) is 21.7. The highest BCUT2D eigenvalue weighted by Crippen LogP contribution is 2.43. The van der Waals surface area contributed by atoms with Crippen molar-refractivity contribution in [3.05, 3.63) is 90.9 Å². The van der Waals surface area contributed by atoms with Crippen LogP contribution in [0.3, 0.4) is 0 Å². The highest BCUT2D eigenvalue weighted by molar-refractivity contribution is 9.10. The third kappa shape index (κ3) is 2.57. The lowest BCUT2D eigenvalue weighted by Gasteiger charge is -2.14. The minimum atomic E-state index is 0.376. The van der Waals surface area contributed by atoms with E-state index in [1.807, 2.05) is 0 Å². The molecule has 0 aliphatic heterocycles. The Morgan fingerprint density at radius 1 is 0.708 bits per heavy atom. The molecule has 2 atom stereocenters. The molecule has 24 heavy (non-hydrogen) atoms. The molecule has 2 aliphatic rings. The Kier molecular flexibility index (Phi) is 4.14. The van der Waals surface area contributed by atoms with Gasteiger partial charge in [0.2, 0.25) is 0 Å². The third-order valence-corrected chi connectivity index (χ3v) is 6.45. The predicted octanol–water partition coefficient (Wildman–Crippen LogP) is 7.47. The molecule has 0 fully saturated rings. The van der Waals surface area contributed by atoms with Gasteiger partial charge in [-0.25, -0.2) is 0 Å². The predicted molar refractivity (Wildman–Crippen MR) is 110 cm³/mol. The summed E-state index contributed by atoms with van der Waals surface area (Å²) in [5, 5.41) is 0. The smallest absolute Gasteiger partial charge is 0.0250 e. The fraction of sp³-hybridized carbons (Fsp3) is 0.182. The largest absolute Gasteiger partial charge is 0.0760 e. The van der Waals surface area contributed by atoms with Crippen molar-refractivity contribution < 1.29 is 0 Å². The molecule has 2 heteroatoms. The Balaban J connectivity index is 1.69. The summed E-state index contributed by atoms with van der Waals surface area (Å²) in [6, 6.07) is 13.0. The molecule has 0 N–H and O–H groups in total. The first-order valence-corrected chi connectivity index (χ1v) is 9.76. The molecule has 0 saturated heterocycles. The summed E-state index contributed by atoms with van der Waals surface area (Å²) >= 11 is 7.35. The van der Waals surface area contributed by atoms with Gasteiger partial charge in [0, 0.05) is 20.8 Å². The zero-order chi connectivity index (χ0) is 16.8. The minimum Gasteiger partial charge on any atom is -0.0760 e. The quantitative estimate of drug-likeness (QED) is 0.424. The lowest BCUT2D eigenvalue weighted by molar-refractivity contribution is 0.970. The van der Waals surface area contributed by atoms with Crippen LogP contribution in [0.25, 0.3) is 12.2 Å². The number of hydrogen-bond donors (Lipinski definition) is 0. The summed E-state index contributed by atoms with van der Waals surface area (Å²) in [5.74, 6) is 0.753. The average molecular weight is 442 g/mol. The van der Waals surface area contributed by atoms with E-state index in [0.717, 1.165) is 0 Å². The highest BCUT2D eigenvalue weighted by atomic mass is 79.9. The average Bonchev–Trinajstić information content (AvgIpc) is 3.04. The maximum atomic E-state index is 3.68. The van der Waals surface area contributed by atoms with Crippen molar-refractivity contribution in [1.82, 2.24) is 0 Å². The van der Waals surface area contributed by atoms with Gasteiger partial charge >= 0.3 is 0 Å². The second kappa shape index (κ2) is 6.16. The van der Waals surface area contributed by atoms with Gasteiger partial charge in [-0.05, 0) is 48.2 Å². The van der Waals surface area contributed by atoms with E-state index in [1.165, 1.54) is 42.3 Å². The van der Waals surface area contributed by atoms with E-state index in [-0.39, 0.29) is 0 Å². The summed E-state index contributed by atoms with van der Waals surface area (Å²) in [6.45, 7) is 4.45. The first kappa shape index (κ1) is 16.1. The molecule has 0 aromatic heterocycles. The summed E-state index contributed by atoms with van der Waals surface area (Å²) in [4.78, 5) is 0. The molecule has 2 aromatic carbocycles. The Labute approximate surface area is 160 Å². The minimum absolute atomic E-state index is 0.376. The molecule has 0 spiro atoms. The van der Waals surface area contributed by atoms with E-state index in [0.29, 0.717) is 11.8 Å². The van der Waals surface area contributed by atoms with Gasteiger partial charge in [-0.15, -0.1) is 0 Å². The van der Waals surface area contributed by atoms with Crippen LogP contribution in [0.15, 0.2) is 68.6 Å². The first-order chi connectivity index (χ1) is 11.6. The molecule has 2 aromatic rings. The van der Waals surface area contributed by atoms with Crippen LogP contribution in [0.1, 0.15) is 47.9 Å². The summed E-state index contributed by atoms with van der Waals surface area (Å²) < 4.78 is 2.36. The Hall–Kier alpha value is -1.38. The second-order valence-corrected chi connectivity index (χ2v) is 8.31. The summed E-state index contributed by atoms with van der Waals surface area (Å²) in [6.07, 6.45) is 9.36. The fourth-order valence-electron chi connectivity index (χ4n) is 3.81. The Bertz CT molecular complexity index is 840. The van der Waals surface area contributed by atoms with Crippen LogP contribution < -0.4 is 0 Å². The van der Waals surface area contributed by atoms with Crippen LogP contribution >= 0.6 is 31.9 Å². The molecule has 0 radical (unpaired) electrons. The van der Waals surface area contributed by atoms with Crippen LogP contribution in [0.2, 0.25) is 0 Å². The van der Waals surface area contributed by atoms with Crippen molar-refractivity contribution in [3.8, 4) is 0 Å². The van der Waals surface area contributed by atoms with Crippen LogP contribution in [0.4, 0.5) is 0 Å². The molecule has 2 aliphatic carbocycles. The number of allylic oxidation sites excluding steroid dienone is 4. The van der Waals surface area contributed by atoms with E-state index in [9.17, 15) is 0 Å². The zero-order valence-electron chi connectivity index (χ0n) is 13.7. The second-order valence-electron chi connectivity index (χ2n) is 6.60. The lowest BCUT2D eigenvalue weighted by atomic mass is 9.91. The first-order valence-electron chi connectivity index (χ1n) is 8.18. The van der Waals surface area contributed by atoms with Gasteiger partial charge in [-0.3, -0.25) is 0 Å². The van der Waals surface area contributed by atoms with E-state index in [1.54, 1.807) is 0 Å². The number of hydrogen-bond acceptors (Lipinski definition) is 0. The van der Waals surface area contributed by atoms with E-state index < -0.39 is 0 Å². The van der Waals surface area contributed by atoms with E-state index in [4.69, 9.17) is 0 Å². The standard InChI is InChI=1S/C22H18Br2/c1-13-11-19-17(5-3-7-21(19)23)15(13)9-10-16-14(2)12-20-18(16)6-4-8-22(20)24/h3-12,15-16H,1-2H3.